The van der Waals surface area contributed by atoms with Crippen LogP contribution < -0.4 is 9.47 Å². The quantitative estimate of drug-likeness (QED) is 0.388. The van der Waals surface area contributed by atoms with Crippen LogP contribution in [0.1, 0.15) is 12.0 Å². The Morgan fingerprint density at radius 1 is 1.20 bits per heavy atom. The molecular weight excluding hydrogens is 406 g/mol. The van der Waals surface area contributed by atoms with Gasteiger partial charge in [0.05, 0.1) is 24.8 Å². The van der Waals surface area contributed by atoms with Crippen LogP contribution in [0.3, 0.4) is 0 Å². The van der Waals surface area contributed by atoms with E-state index >= 15 is 0 Å². The van der Waals surface area contributed by atoms with Crippen molar-refractivity contribution in [2.24, 2.45) is 4.99 Å². The minimum atomic E-state index is -0.464. The number of methoxy groups -OCH3 is 2. The highest BCUT2D eigenvalue weighted by molar-refractivity contribution is 8.13. The lowest BCUT2D eigenvalue weighted by atomic mass is 10.2. The van der Waals surface area contributed by atoms with E-state index in [0.29, 0.717) is 34.5 Å². The van der Waals surface area contributed by atoms with Crippen molar-refractivity contribution in [1.82, 2.24) is 4.90 Å². The molecule has 9 heteroatoms. The van der Waals surface area contributed by atoms with Gasteiger partial charge < -0.3 is 9.47 Å². The summed E-state index contributed by atoms with van der Waals surface area (Å²) >= 11 is 1.51. The highest BCUT2D eigenvalue weighted by atomic mass is 32.2. The van der Waals surface area contributed by atoms with Gasteiger partial charge in [-0.15, -0.1) is 0 Å². The summed E-state index contributed by atoms with van der Waals surface area (Å²) in [7, 11) is 3.12. The first-order valence-corrected chi connectivity index (χ1v) is 10.2. The second kappa shape index (κ2) is 9.93. The van der Waals surface area contributed by atoms with Gasteiger partial charge in [0.25, 0.3) is 11.6 Å². The molecule has 0 saturated carbocycles. The average molecular weight is 427 g/mol. The Morgan fingerprint density at radius 3 is 2.73 bits per heavy atom. The van der Waals surface area contributed by atoms with Gasteiger partial charge in [-0.1, -0.05) is 23.9 Å². The van der Waals surface area contributed by atoms with E-state index in [1.807, 2.05) is 0 Å². The van der Waals surface area contributed by atoms with E-state index in [-0.39, 0.29) is 11.6 Å². The van der Waals surface area contributed by atoms with Crippen molar-refractivity contribution in [2.45, 2.75) is 6.42 Å². The zero-order valence-corrected chi connectivity index (χ0v) is 17.4. The number of aliphatic imine (C=N–C) groups is 1. The van der Waals surface area contributed by atoms with Crippen molar-refractivity contribution in [2.75, 3.05) is 26.5 Å². The van der Waals surface area contributed by atoms with Crippen LogP contribution in [0.25, 0.3) is 6.08 Å². The molecule has 0 radical (unpaired) electrons. The van der Waals surface area contributed by atoms with Crippen molar-refractivity contribution in [3.8, 4) is 11.5 Å². The standard InChI is InChI=1S/C21H21N3O5S/c1-28-18-9-8-16(14-19(18)29-2)22-21-23(11-4-12-30-21)20(25)10-7-15-5-3-6-17(13-15)24(26)27/h3,5-10,13-14H,4,11-12H2,1-2H3. The summed E-state index contributed by atoms with van der Waals surface area (Å²) in [5, 5.41) is 11.5. The second-order valence-corrected chi connectivity index (χ2v) is 7.37. The summed E-state index contributed by atoms with van der Waals surface area (Å²) in [5.41, 5.74) is 1.21. The molecule has 30 heavy (non-hydrogen) atoms. The lowest BCUT2D eigenvalue weighted by molar-refractivity contribution is -0.384. The molecular formula is C21H21N3O5S. The number of nitro groups is 1. The monoisotopic (exact) mass is 427 g/mol. The number of nitro benzene ring substituents is 1. The zero-order chi connectivity index (χ0) is 21.5. The van der Waals surface area contributed by atoms with Gasteiger partial charge >= 0.3 is 0 Å². The van der Waals surface area contributed by atoms with Crippen molar-refractivity contribution in [3.63, 3.8) is 0 Å². The van der Waals surface area contributed by atoms with Crippen LogP contribution in [-0.4, -0.2) is 47.4 Å². The van der Waals surface area contributed by atoms with E-state index in [1.165, 1.54) is 30.0 Å². The van der Waals surface area contributed by atoms with E-state index in [4.69, 9.17) is 9.47 Å². The molecule has 8 nitrogen and oxygen atoms in total. The van der Waals surface area contributed by atoms with Gasteiger partial charge in [-0.05, 0) is 30.2 Å². The third-order valence-electron chi connectivity index (χ3n) is 4.35. The van der Waals surface area contributed by atoms with Crippen molar-refractivity contribution in [1.29, 1.82) is 0 Å². The van der Waals surface area contributed by atoms with Crippen molar-refractivity contribution < 1.29 is 19.2 Å². The molecule has 1 aliphatic heterocycles. The maximum absolute atomic E-state index is 12.8. The molecule has 1 fully saturated rings. The number of hydrogen-bond acceptors (Lipinski definition) is 7. The fraction of sp³-hybridized carbons (Fsp3) is 0.238. The number of hydrogen-bond donors (Lipinski definition) is 0. The zero-order valence-electron chi connectivity index (χ0n) is 16.6. The lowest BCUT2D eigenvalue weighted by Gasteiger charge is -2.26. The molecule has 0 spiro atoms. The Balaban J connectivity index is 1.81. The van der Waals surface area contributed by atoms with Crippen LogP contribution >= 0.6 is 11.8 Å². The van der Waals surface area contributed by atoms with Crippen molar-refractivity contribution >= 4 is 40.3 Å². The Labute approximate surface area is 178 Å². The molecule has 1 saturated heterocycles. The van der Waals surface area contributed by atoms with Gasteiger partial charge in [0, 0.05) is 36.6 Å². The van der Waals surface area contributed by atoms with Crippen LogP contribution in [0.4, 0.5) is 11.4 Å². The molecule has 2 aromatic rings. The second-order valence-electron chi connectivity index (χ2n) is 6.31. The van der Waals surface area contributed by atoms with Crippen molar-refractivity contribution in [3.05, 3.63) is 64.2 Å². The normalized spacial score (nSPS) is 15.4. The first-order chi connectivity index (χ1) is 14.5. The van der Waals surface area contributed by atoms with E-state index in [0.717, 1.165) is 12.2 Å². The number of amidine groups is 1. The Morgan fingerprint density at radius 2 is 2.00 bits per heavy atom. The molecule has 2 aromatic carbocycles. The number of rotatable bonds is 6. The van der Waals surface area contributed by atoms with Gasteiger partial charge in [0.1, 0.15) is 0 Å². The van der Waals surface area contributed by atoms with Gasteiger partial charge in [-0.25, -0.2) is 4.99 Å². The number of carbonyl (C=O) groups is 1. The first-order valence-electron chi connectivity index (χ1n) is 9.19. The molecule has 0 N–H and O–H groups in total. The summed E-state index contributed by atoms with van der Waals surface area (Å²) < 4.78 is 10.6. The summed E-state index contributed by atoms with van der Waals surface area (Å²) in [6.45, 7) is 0.553. The van der Waals surface area contributed by atoms with Gasteiger partial charge in [-0.2, -0.15) is 0 Å². The fourth-order valence-corrected chi connectivity index (χ4v) is 3.82. The smallest absolute Gasteiger partial charge is 0.270 e. The maximum atomic E-state index is 12.8. The predicted octanol–water partition coefficient (Wildman–Crippen LogP) is 4.28. The SMILES string of the molecule is COc1ccc(N=C2SCCCN2C(=O)C=Cc2cccc([N+](=O)[O-])c2)cc1OC. The number of nitrogens with zero attached hydrogens (tertiary/aromatic N) is 3. The van der Waals surface area contributed by atoms with E-state index in [2.05, 4.69) is 4.99 Å². The van der Waals surface area contributed by atoms with Gasteiger partial charge in [0.2, 0.25) is 0 Å². The van der Waals surface area contributed by atoms with Crippen LogP contribution in [-0.2, 0) is 4.79 Å². The molecule has 1 amide bonds. The minimum absolute atomic E-state index is 0.0196. The molecule has 0 aromatic heterocycles. The van der Waals surface area contributed by atoms with E-state index in [9.17, 15) is 14.9 Å². The molecule has 156 valence electrons. The number of ether oxygens (including phenoxy) is 2. The molecule has 0 aliphatic carbocycles. The summed E-state index contributed by atoms with van der Waals surface area (Å²) in [4.78, 5) is 29.5. The number of thioether (sulfide) groups is 1. The Hall–Kier alpha value is -3.33. The largest absolute Gasteiger partial charge is 0.493 e. The highest BCUT2D eigenvalue weighted by Crippen LogP contribution is 2.32. The summed E-state index contributed by atoms with van der Waals surface area (Å²) in [5.74, 6) is 1.80. The van der Waals surface area contributed by atoms with Crippen LogP contribution in [0.2, 0.25) is 0 Å². The van der Waals surface area contributed by atoms with Crippen LogP contribution in [0, 0.1) is 10.1 Å². The Bertz CT molecular complexity index is 1010. The molecule has 0 bridgehead atoms. The van der Waals surface area contributed by atoms with E-state index in [1.54, 1.807) is 55.5 Å². The summed E-state index contributed by atoms with van der Waals surface area (Å²) in [6.07, 6.45) is 3.84. The molecule has 1 heterocycles. The first kappa shape index (κ1) is 21.4. The topological polar surface area (TPSA) is 94.3 Å². The third kappa shape index (κ3) is 5.18. The van der Waals surface area contributed by atoms with Crippen LogP contribution in [0.15, 0.2) is 53.5 Å². The van der Waals surface area contributed by atoms with Gasteiger partial charge in [-0.3, -0.25) is 19.8 Å². The van der Waals surface area contributed by atoms with Crippen LogP contribution in [0.5, 0.6) is 11.5 Å². The number of benzene rings is 2. The van der Waals surface area contributed by atoms with Gasteiger partial charge in [0.15, 0.2) is 16.7 Å². The molecule has 0 unspecified atom stereocenters. The van der Waals surface area contributed by atoms with E-state index < -0.39 is 4.92 Å². The molecule has 1 aliphatic rings. The minimum Gasteiger partial charge on any atom is -0.493 e. The fourth-order valence-electron chi connectivity index (χ4n) is 2.86. The number of carbonyl (C=O) groups excluding carboxylic acids is 1. The maximum Gasteiger partial charge on any atom is 0.270 e. The Kier molecular flexibility index (Phi) is 7.08. The number of non-ortho nitro benzene ring substituents is 1. The predicted molar refractivity (Wildman–Crippen MR) is 118 cm³/mol. The highest BCUT2D eigenvalue weighted by Gasteiger charge is 2.22. The molecule has 3 rings (SSSR count). The summed E-state index contributed by atoms with van der Waals surface area (Å²) in [6, 6.07) is 11.4. The molecule has 0 atom stereocenters. The third-order valence-corrected chi connectivity index (χ3v) is 5.41. The lowest BCUT2D eigenvalue weighted by Crippen LogP contribution is -2.38. The average Bonchev–Trinajstić information content (AvgIpc) is 2.78. The number of amides is 1.